The maximum Gasteiger partial charge on any atom is 0.266 e. The first kappa shape index (κ1) is 14.0. The highest BCUT2D eigenvalue weighted by atomic mass is 19.3. The first-order valence-electron chi connectivity index (χ1n) is 6.83. The smallest absolute Gasteiger partial charge is 0.266 e. The fourth-order valence-electron chi connectivity index (χ4n) is 3.26. The van der Waals surface area contributed by atoms with Crippen LogP contribution in [0.1, 0.15) is 29.0 Å². The number of nitrogens with one attached hydrogen (secondary N) is 1. The highest BCUT2D eigenvalue weighted by Crippen LogP contribution is 2.43. The largest absolute Gasteiger partial charge is 0.469 e. The minimum Gasteiger partial charge on any atom is -0.469 e. The molecule has 0 saturated carbocycles. The Morgan fingerprint density at radius 2 is 2.19 bits per heavy atom. The monoisotopic (exact) mass is 298 g/mol. The molecule has 1 aromatic heterocycles. The summed E-state index contributed by atoms with van der Waals surface area (Å²) in [5.74, 6) is -3.57. The minimum absolute atomic E-state index is 0.0257. The fourth-order valence-corrected chi connectivity index (χ4v) is 3.26. The van der Waals surface area contributed by atoms with E-state index in [1.807, 2.05) is 0 Å². The predicted molar refractivity (Wildman–Crippen MR) is 69.0 cm³/mol. The van der Waals surface area contributed by atoms with Crippen LogP contribution in [0.5, 0.6) is 0 Å². The molecular weight excluding hydrogens is 282 g/mol. The molecule has 1 aromatic rings. The molecule has 0 aliphatic carbocycles. The maximum absolute atomic E-state index is 14.0. The Morgan fingerprint density at radius 3 is 2.76 bits per heavy atom. The number of hydrogen-bond acceptors (Lipinski definition) is 3. The molecule has 114 valence electrons. The SMILES string of the molecule is Cc1occc1C(=O)N1CC(F)(F)C[C@]2(CCNC2=O)C1. The van der Waals surface area contributed by atoms with Crippen LogP contribution in [-0.2, 0) is 4.79 Å². The van der Waals surface area contributed by atoms with Crippen LogP contribution in [0.25, 0.3) is 0 Å². The lowest BCUT2D eigenvalue weighted by Crippen LogP contribution is -2.56. The van der Waals surface area contributed by atoms with Crippen molar-refractivity contribution in [3.8, 4) is 0 Å². The van der Waals surface area contributed by atoms with Crippen LogP contribution in [0.15, 0.2) is 16.7 Å². The summed E-state index contributed by atoms with van der Waals surface area (Å²) in [6.07, 6.45) is 1.18. The molecule has 3 heterocycles. The number of nitrogens with zero attached hydrogens (tertiary/aromatic N) is 1. The fraction of sp³-hybridized carbons (Fsp3) is 0.571. The third-order valence-corrected chi connectivity index (χ3v) is 4.26. The lowest BCUT2D eigenvalue weighted by atomic mass is 9.77. The predicted octanol–water partition coefficient (Wildman–Crippen LogP) is 1.58. The van der Waals surface area contributed by atoms with Crippen molar-refractivity contribution in [1.29, 1.82) is 0 Å². The van der Waals surface area contributed by atoms with E-state index in [1.54, 1.807) is 6.92 Å². The number of alkyl halides is 2. The van der Waals surface area contributed by atoms with E-state index in [2.05, 4.69) is 5.32 Å². The summed E-state index contributed by atoms with van der Waals surface area (Å²) in [4.78, 5) is 25.5. The Balaban J connectivity index is 1.90. The summed E-state index contributed by atoms with van der Waals surface area (Å²) in [5.41, 5.74) is -0.907. The molecule has 2 fully saturated rings. The highest BCUT2D eigenvalue weighted by molar-refractivity contribution is 5.96. The van der Waals surface area contributed by atoms with E-state index in [0.717, 1.165) is 4.90 Å². The number of rotatable bonds is 1. The van der Waals surface area contributed by atoms with Crippen molar-refractivity contribution in [2.24, 2.45) is 5.41 Å². The van der Waals surface area contributed by atoms with Gasteiger partial charge >= 0.3 is 0 Å². The van der Waals surface area contributed by atoms with Gasteiger partial charge in [-0.2, -0.15) is 0 Å². The normalized spacial score (nSPS) is 28.0. The standard InChI is InChI=1S/C14H16F2N2O3/c1-9-10(2-5-21-9)11(19)18-7-13(3-4-17-12(13)20)6-14(15,16)8-18/h2,5H,3-4,6-8H2,1H3,(H,17,20)/t13-/m1/s1. The molecule has 2 aliphatic heterocycles. The second-order valence-corrected chi connectivity index (χ2v) is 5.87. The van der Waals surface area contributed by atoms with Crippen molar-refractivity contribution in [2.45, 2.75) is 25.7 Å². The van der Waals surface area contributed by atoms with Crippen LogP contribution >= 0.6 is 0 Å². The molecule has 0 unspecified atom stereocenters. The van der Waals surface area contributed by atoms with Crippen molar-refractivity contribution < 1.29 is 22.8 Å². The number of aryl methyl sites for hydroxylation is 1. The molecule has 1 N–H and O–H groups in total. The van der Waals surface area contributed by atoms with E-state index in [9.17, 15) is 18.4 Å². The van der Waals surface area contributed by atoms with Gasteiger partial charge in [-0.3, -0.25) is 9.59 Å². The van der Waals surface area contributed by atoms with E-state index >= 15 is 0 Å². The third-order valence-electron chi connectivity index (χ3n) is 4.26. The number of carbonyl (C=O) groups is 2. The lowest BCUT2D eigenvalue weighted by Gasteiger charge is -2.42. The van der Waals surface area contributed by atoms with Crippen LogP contribution in [0, 0.1) is 12.3 Å². The molecule has 3 rings (SSSR count). The van der Waals surface area contributed by atoms with Crippen LogP contribution < -0.4 is 5.32 Å². The van der Waals surface area contributed by atoms with Crippen molar-refractivity contribution in [2.75, 3.05) is 19.6 Å². The van der Waals surface area contributed by atoms with E-state index in [0.29, 0.717) is 18.7 Å². The lowest BCUT2D eigenvalue weighted by molar-refractivity contribution is -0.144. The minimum atomic E-state index is -3.06. The summed E-state index contributed by atoms with van der Waals surface area (Å²) < 4.78 is 33.1. The van der Waals surface area contributed by atoms with Gasteiger partial charge < -0.3 is 14.6 Å². The van der Waals surface area contributed by atoms with Crippen LogP contribution in [0.2, 0.25) is 0 Å². The topological polar surface area (TPSA) is 62.6 Å². The number of piperidine rings is 1. The molecule has 0 aromatic carbocycles. The number of furan rings is 1. The van der Waals surface area contributed by atoms with Crippen molar-refractivity contribution >= 4 is 11.8 Å². The summed E-state index contributed by atoms with van der Waals surface area (Å²) in [7, 11) is 0. The Morgan fingerprint density at radius 1 is 1.43 bits per heavy atom. The van der Waals surface area contributed by atoms with Gasteiger partial charge in [0.15, 0.2) is 0 Å². The zero-order valence-corrected chi connectivity index (χ0v) is 11.6. The van der Waals surface area contributed by atoms with Crippen molar-refractivity contribution in [1.82, 2.24) is 10.2 Å². The van der Waals surface area contributed by atoms with Gasteiger partial charge in [-0.25, -0.2) is 8.78 Å². The summed E-state index contributed by atoms with van der Waals surface area (Å²) in [5, 5.41) is 2.59. The van der Waals surface area contributed by atoms with E-state index in [4.69, 9.17) is 4.42 Å². The molecule has 7 heteroatoms. The van der Waals surface area contributed by atoms with Gasteiger partial charge in [-0.1, -0.05) is 0 Å². The molecule has 21 heavy (non-hydrogen) atoms. The number of amides is 2. The van der Waals surface area contributed by atoms with Gasteiger partial charge in [-0.15, -0.1) is 0 Å². The molecule has 1 spiro atoms. The van der Waals surface area contributed by atoms with Gasteiger partial charge in [0, 0.05) is 19.5 Å². The molecule has 5 nitrogen and oxygen atoms in total. The van der Waals surface area contributed by atoms with Crippen LogP contribution in [0.3, 0.4) is 0 Å². The molecule has 2 aliphatic rings. The number of halogens is 2. The Bertz CT molecular complexity index is 599. The molecule has 0 radical (unpaired) electrons. The Labute approximate surface area is 120 Å². The highest BCUT2D eigenvalue weighted by Gasteiger charge is 2.55. The quantitative estimate of drug-likeness (QED) is 0.856. The number of hydrogen-bond donors (Lipinski definition) is 1. The van der Waals surface area contributed by atoms with Crippen molar-refractivity contribution in [3.05, 3.63) is 23.7 Å². The Hall–Kier alpha value is -1.92. The zero-order chi connectivity index (χ0) is 15.3. The molecule has 2 saturated heterocycles. The Kier molecular flexibility index (Phi) is 3.04. The summed E-state index contributed by atoms with van der Waals surface area (Å²) >= 11 is 0. The molecular formula is C14H16F2N2O3. The van der Waals surface area contributed by atoms with Gasteiger partial charge in [-0.05, 0) is 19.4 Å². The van der Waals surface area contributed by atoms with Gasteiger partial charge in [0.1, 0.15) is 5.76 Å². The van der Waals surface area contributed by atoms with Gasteiger partial charge in [0.25, 0.3) is 11.8 Å². The van der Waals surface area contributed by atoms with E-state index in [-0.39, 0.29) is 18.0 Å². The molecule has 1 atom stereocenters. The van der Waals surface area contributed by atoms with Crippen LogP contribution in [-0.4, -0.2) is 42.3 Å². The van der Waals surface area contributed by atoms with Gasteiger partial charge in [0.05, 0.1) is 23.8 Å². The van der Waals surface area contributed by atoms with Crippen molar-refractivity contribution in [3.63, 3.8) is 0 Å². The second kappa shape index (κ2) is 4.54. The third kappa shape index (κ3) is 2.30. The number of likely N-dealkylation sites (tertiary alicyclic amines) is 1. The zero-order valence-electron chi connectivity index (χ0n) is 11.6. The van der Waals surface area contributed by atoms with Crippen LogP contribution in [0.4, 0.5) is 8.78 Å². The second-order valence-electron chi connectivity index (χ2n) is 5.87. The first-order valence-corrected chi connectivity index (χ1v) is 6.83. The molecule has 0 bridgehead atoms. The maximum atomic E-state index is 14.0. The van der Waals surface area contributed by atoms with E-state index < -0.39 is 30.2 Å². The van der Waals surface area contributed by atoms with E-state index in [1.165, 1.54) is 12.3 Å². The molecule has 2 amide bonds. The average molecular weight is 298 g/mol. The first-order chi connectivity index (χ1) is 9.83. The van der Waals surface area contributed by atoms with Gasteiger partial charge in [0.2, 0.25) is 5.91 Å². The summed E-state index contributed by atoms with van der Waals surface area (Å²) in [6, 6.07) is 1.46. The average Bonchev–Trinajstić information content (AvgIpc) is 2.95. The number of carbonyl (C=O) groups excluding carboxylic acids is 2. The summed E-state index contributed by atoms with van der Waals surface area (Å²) in [6.45, 7) is 1.35.